The second kappa shape index (κ2) is 6.66. The van der Waals surface area contributed by atoms with Crippen molar-refractivity contribution in [2.24, 2.45) is 11.8 Å². The van der Waals surface area contributed by atoms with Crippen LogP contribution in [0.4, 0.5) is 0 Å². The van der Waals surface area contributed by atoms with Gasteiger partial charge in [0.15, 0.2) is 0 Å². The quantitative estimate of drug-likeness (QED) is 0.865. The zero-order valence-electron chi connectivity index (χ0n) is 13.3. The van der Waals surface area contributed by atoms with Crippen LogP contribution in [-0.4, -0.2) is 59.1 Å². The number of aliphatic carboxylic acids is 1. The lowest BCUT2D eigenvalue weighted by Gasteiger charge is -2.39. The Morgan fingerprint density at radius 1 is 1.10 bits per heavy atom. The fraction of sp³-hybridized carbons (Fsp3) is 0.941. The normalized spacial score (nSPS) is 38.9. The molecule has 2 saturated heterocycles. The highest BCUT2D eigenvalue weighted by Gasteiger charge is 2.41. The van der Waals surface area contributed by atoms with Gasteiger partial charge in [-0.3, -0.25) is 14.6 Å². The van der Waals surface area contributed by atoms with Crippen molar-refractivity contribution in [1.29, 1.82) is 0 Å². The molecule has 0 amide bonds. The molecule has 0 radical (unpaired) electrons. The van der Waals surface area contributed by atoms with E-state index in [1.54, 1.807) is 0 Å². The van der Waals surface area contributed by atoms with Gasteiger partial charge in [0.25, 0.3) is 0 Å². The van der Waals surface area contributed by atoms with Gasteiger partial charge in [-0.15, -0.1) is 0 Å². The van der Waals surface area contributed by atoms with Crippen molar-refractivity contribution in [3.63, 3.8) is 0 Å². The van der Waals surface area contributed by atoms with Crippen molar-refractivity contribution in [2.75, 3.05) is 26.2 Å². The third-order valence-corrected chi connectivity index (χ3v) is 6.14. The van der Waals surface area contributed by atoms with Crippen molar-refractivity contribution in [3.8, 4) is 0 Å². The molecule has 1 aliphatic carbocycles. The number of hydrogen-bond acceptors (Lipinski definition) is 3. The van der Waals surface area contributed by atoms with Gasteiger partial charge in [0.2, 0.25) is 0 Å². The highest BCUT2D eigenvalue weighted by molar-refractivity contribution is 5.71. The van der Waals surface area contributed by atoms with E-state index in [1.165, 1.54) is 38.8 Å². The second-order valence-electron chi connectivity index (χ2n) is 7.28. The van der Waals surface area contributed by atoms with Crippen molar-refractivity contribution in [3.05, 3.63) is 0 Å². The zero-order chi connectivity index (χ0) is 14.8. The van der Waals surface area contributed by atoms with E-state index in [0.29, 0.717) is 6.04 Å². The predicted octanol–water partition coefficient (Wildman–Crippen LogP) is 2.44. The van der Waals surface area contributed by atoms with E-state index in [4.69, 9.17) is 0 Å². The summed E-state index contributed by atoms with van der Waals surface area (Å²) in [5.74, 6) is 0.0285. The first-order valence-electron chi connectivity index (χ1n) is 8.90. The predicted molar refractivity (Wildman–Crippen MR) is 83.3 cm³/mol. The molecule has 4 atom stereocenters. The highest BCUT2D eigenvalue weighted by atomic mass is 16.4. The molecule has 21 heavy (non-hydrogen) atoms. The smallest absolute Gasteiger partial charge is 0.308 e. The average Bonchev–Trinajstić information content (AvgIpc) is 3.17. The maximum atomic E-state index is 11.6. The van der Waals surface area contributed by atoms with E-state index < -0.39 is 5.97 Å². The van der Waals surface area contributed by atoms with Crippen LogP contribution >= 0.6 is 0 Å². The van der Waals surface area contributed by atoms with E-state index in [0.717, 1.165) is 38.3 Å². The minimum absolute atomic E-state index is 0.134. The number of carboxylic acid groups (broad SMARTS) is 1. The van der Waals surface area contributed by atoms with Crippen molar-refractivity contribution in [2.45, 2.75) is 64.0 Å². The summed E-state index contributed by atoms with van der Waals surface area (Å²) >= 11 is 0. The summed E-state index contributed by atoms with van der Waals surface area (Å²) in [6.07, 6.45) is 8.20. The molecule has 4 nitrogen and oxygen atoms in total. The number of carboxylic acids is 1. The van der Waals surface area contributed by atoms with Gasteiger partial charge in [-0.05, 0) is 57.5 Å². The van der Waals surface area contributed by atoms with Crippen LogP contribution in [0.25, 0.3) is 0 Å². The van der Waals surface area contributed by atoms with Crippen LogP contribution in [0.5, 0.6) is 0 Å². The first-order chi connectivity index (χ1) is 10.2. The Labute approximate surface area is 128 Å². The van der Waals surface area contributed by atoms with Crippen molar-refractivity contribution >= 4 is 5.97 Å². The topological polar surface area (TPSA) is 43.8 Å². The minimum Gasteiger partial charge on any atom is -0.481 e. The van der Waals surface area contributed by atoms with Gasteiger partial charge >= 0.3 is 5.97 Å². The van der Waals surface area contributed by atoms with Crippen LogP contribution in [-0.2, 0) is 4.79 Å². The molecule has 1 N–H and O–H groups in total. The maximum Gasteiger partial charge on any atom is 0.308 e. The average molecular weight is 294 g/mol. The zero-order valence-corrected chi connectivity index (χ0v) is 13.3. The molecule has 3 aliphatic rings. The van der Waals surface area contributed by atoms with Gasteiger partial charge in [0.05, 0.1) is 5.92 Å². The molecular weight excluding hydrogens is 264 g/mol. The van der Waals surface area contributed by atoms with E-state index in [2.05, 4.69) is 16.7 Å². The van der Waals surface area contributed by atoms with Crippen LogP contribution < -0.4 is 0 Å². The molecule has 0 aromatic carbocycles. The number of rotatable bonds is 4. The Morgan fingerprint density at radius 2 is 1.86 bits per heavy atom. The van der Waals surface area contributed by atoms with E-state index >= 15 is 0 Å². The standard InChI is InChI=1S/C17H30N2O2/c1-2-13-5-6-15(17(20)21)16(11-13)19-10-7-14(12-19)18-8-3-4-9-18/h13-16H,2-12H2,1H3,(H,20,21). The fourth-order valence-corrected chi connectivity index (χ4v) is 4.77. The molecular formula is C17H30N2O2. The van der Waals surface area contributed by atoms with Crippen LogP contribution in [0.1, 0.15) is 51.9 Å². The summed E-state index contributed by atoms with van der Waals surface area (Å²) in [4.78, 5) is 16.8. The van der Waals surface area contributed by atoms with Gasteiger partial charge in [-0.2, -0.15) is 0 Å². The molecule has 2 aliphatic heterocycles. The first kappa shape index (κ1) is 15.3. The van der Waals surface area contributed by atoms with Crippen LogP contribution in [0, 0.1) is 11.8 Å². The third kappa shape index (κ3) is 3.26. The van der Waals surface area contributed by atoms with Crippen LogP contribution in [0.2, 0.25) is 0 Å². The van der Waals surface area contributed by atoms with Gasteiger partial charge in [0.1, 0.15) is 0 Å². The van der Waals surface area contributed by atoms with Crippen molar-refractivity contribution in [1.82, 2.24) is 9.80 Å². The van der Waals surface area contributed by atoms with Crippen molar-refractivity contribution < 1.29 is 9.90 Å². The molecule has 4 unspecified atom stereocenters. The van der Waals surface area contributed by atoms with Gasteiger partial charge in [-0.1, -0.05) is 13.3 Å². The molecule has 1 saturated carbocycles. The fourth-order valence-electron chi connectivity index (χ4n) is 4.77. The van der Waals surface area contributed by atoms with E-state index in [-0.39, 0.29) is 12.0 Å². The largest absolute Gasteiger partial charge is 0.481 e. The Morgan fingerprint density at radius 3 is 2.52 bits per heavy atom. The minimum atomic E-state index is -0.570. The second-order valence-corrected chi connectivity index (χ2v) is 7.28. The molecule has 0 bridgehead atoms. The van der Waals surface area contributed by atoms with E-state index in [9.17, 15) is 9.90 Å². The monoisotopic (exact) mass is 294 g/mol. The molecule has 120 valence electrons. The first-order valence-corrected chi connectivity index (χ1v) is 8.90. The Hall–Kier alpha value is -0.610. The molecule has 0 aromatic heterocycles. The van der Waals surface area contributed by atoms with Gasteiger partial charge in [0, 0.05) is 25.2 Å². The summed E-state index contributed by atoms with van der Waals surface area (Å²) < 4.78 is 0. The lowest BCUT2D eigenvalue weighted by Crippen LogP contribution is -2.47. The number of likely N-dealkylation sites (tertiary alicyclic amines) is 2. The summed E-state index contributed by atoms with van der Waals surface area (Å²) in [5, 5.41) is 9.57. The summed E-state index contributed by atoms with van der Waals surface area (Å²) in [7, 11) is 0. The SMILES string of the molecule is CCC1CCC(C(=O)O)C(N2CCC(N3CCCC3)C2)C1. The van der Waals surface area contributed by atoms with E-state index in [1.807, 2.05) is 0 Å². The lowest BCUT2D eigenvalue weighted by molar-refractivity contribution is -0.146. The third-order valence-electron chi connectivity index (χ3n) is 6.14. The molecule has 0 aromatic rings. The van der Waals surface area contributed by atoms with Gasteiger partial charge < -0.3 is 5.11 Å². The summed E-state index contributed by atoms with van der Waals surface area (Å²) in [6, 6.07) is 0.970. The lowest BCUT2D eigenvalue weighted by atomic mass is 9.76. The number of nitrogens with zero attached hydrogens (tertiary/aromatic N) is 2. The van der Waals surface area contributed by atoms with Crippen LogP contribution in [0.15, 0.2) is 0 Å². The molecule has 4 heteroatoms. The summed E-state index contributed by atoms with van der Waals surface area (Å²) in [5.41, 5.74) is 0. The maximum absolute atomic E-state index is 11.6. The highest BCUT2D eigenvalue weighted by Crippen LogP contribution is 2.36. The molecule has 3 rings (SSSR count). The molecule has 0 spiro atoms. The Bertz CT molecular complexity index is 368. The number of carbonyl (C=O) groups is 1. The Kier molecular flexibility index (Phi) is 4.85. The molecule has 2 heterocycles. The molecule has 3 fully saturated rings. The Balaban J connectivity index is 1.64. The van der Waals surface area contributed by atoms with Gasteiger partial charge in [-0.25, -0.2) is 0 Å². The van der Waals surface area contributed by atoms with Crippen LogP contribution in [0.3, 0.4) is 0 Å². The number of hydrogen-bond donors (Lipinski definition) is 1. The summed E-state index contributed by atoms with van der Waals surface area (Å²) in [6.45, 7) is 6.96.